The van der Waals surface area contributed by atoms with E-state index < -0.39 is 0 Å². The number of rotatable bonds is 5. The minimum Gasteiger partial charge on any atom is -0.314 e. The quantitative estimate of drug-likeness (QED) is 0.525. The van der Waals surface area contributed by atoms with E-state index in [-0.39, 0.29) is 17.8 Å². The zero-order valence-corrected chi connectivity index (χ0v) is 17.2. The lowest BCUT2D eigenvalue weighted by molar-refractivity contribution is 0.665. The average molecular weight is 391 g/mol. The standard InChI is InChI=1S/C22H25N5O2/c1-5-13-25-15(2)16(3)27-18-19(23-21(25)27)24(4)22(29)26(20(18)28)14-9-12-17-10-7-6-8-11-17/h6-12H,5,13-14H2,1-4H3. The van der Waals surface area contributed by atoms with Crippen molar-refractivity contribution in [3.05, 3.63) is 74.2 Å². The van der Waals surface area contributed by atoms with Crippen molar-refractivity contribution in [1.82, 2.24) is 23.1 Å². The van der Waals surface area contributed by atoms with E-state index in [2.05, 4.69) is 16.5 Å². The second-order valence-corrected chi connectivity index (χ2v) is 7.31. The number of benzene rings is 1. The molecule has 0 radical (unpaired) electrons. The minimum absolute atomic E-state index is 0.206. The van der Waals surface area contributed by atoms with Crippen LogP contribution in [0.5, 0.6) is 0 Å². The van der Waals surface area contributed by atoms with E-state index in [1.807, 2.05) is 60.7 Å². The van der Waals surface area contributed by atoms with Crippen molar-refractivity contribution < 1.29 is 0 Å². The van der Waals surface area contributed by atoms with Gasteiger partial charge in [-0.15, -0.1) is 0 Å². The summed E-state index contributed by atoms with van der Waals surface area (Å²) >= 11 is 0. The first kappa shape index (κ1) is 19.0. The van der Waals surface area contributed by atoms with Crippen LogP contribution in [0.3, 0.4) is 0 Å². The molecule has 7 heteroatoms. The summed E-state index contributed by atoms with van der Waals surface area (Å²) in [7, 11) is 1.67. The van der Waals surface area contributed by atoms with Crippen molar-refractivity contribution in [2.75, 3.05) is 0 Å². The third-order valence-electron chi connectivity index (χ3n) is 5.47. The van der Waals surface area contributed by atoms with E-state index in [4.69, 9.17) is 0 Å². The first-order chi connectivity index (χ1) is 14.0. The Morgan fingerprint density at radius 3 is 2.45 bits per heavy atom. The van der Waals surface area contributed by atoms with E-state index in [1.165, 1.54) is 9.13 Å². The zero-order valence-electron chi connectivity index (χ0n) is 17.2. The van der Waals surface area contributed by atoms with Gasteiger partial charge in [0, 0.05) is 31.5 Å². The van der Waals surface area contributed by atoms with E-state index in [9.17, 15) is 9.59 Å². The number of allylic oxidation sites excluding steroid dienone is 1. The molecular weight excluding hydrogens is 366 g/mol. The van der Waals surface area contributed by atoms with Crippen molar-refractivity contribution in [2.24, 2.45) is 7.05 Å². The molecule has 0 aliphatic rings. The van der Waals surface area contributed by atoms with Gasteiger partial charge in [0.1, 0.15) is 0 Å². The number of fused-ring (bicyclic) bond motifs is 3. The fraction of sp³-hybridized carbons (Fsp3) is 0.318. The zero-order chi connectivity index (χ0) is 20.7. The van der Waals surface area contributed by atoms with E-state index in [0.717, 1.165) is 29.9 Å². The van der Waals surface area contributed by atoms with E-state index >= 15 is 0 Å². The normalized spacial score (nSPS) is 12.0. The van der Waals surface area contributed by atoms with Gasteiger partial charge in [-0.1, -0.05) is 49.4 Å². The minimum atomic E-state index is -0.364. The predicted molar refractivity (Wildman–Crippen MR) is 115 cm³/mol. The molecule has 0 saturated carbocycles. The maximum Gasteiger partial charge on any atom is 0.332 e. The fourth-order valence-corrected chi connectivity index (χ4v) is 3.83. The Bertz CT molecular complexity index is 1350. The fourth-order valence-electron chi connectivity index (χ4n) is 3.83. The van der Waals surface area contributed by atoms with Gasteiger partial charge in [-0.05, 0) is 25.8 Å². The number of nitrogens with zero attached hydrogens (tertiary/aromatic N) is 5. The van der Waals surface area contributed by atoms with E-state index in [0.29, 0.717) is 16.9 Å². The molecular formula is C22H25N5O2. The van der Waals surface area contributed by atoms with Crippen LogP contribution in [-0.4, -0.2) is 23.1 Å². The predicted octanol–water partition coefficient (Wildman–Crippen LogP) is 2.89. The van der Waals surface area contributed by atoms with Gasteiger partial charge in [0.05, 0.1) is 0 Å². The molecule has 0 unspecified atom stereocenters. The van der Waals surface area contributed by atoms with Gasteiger partial charge in [0.2, 0.25) is 5.78 Å². The van der Waals surface area contributed by atoms with Gasteiger partial charge in [-0.25, -0.2) is 4.79 Å². The van der Waals surface area contributed by atoms with Crippen molar-refractivity contribution in [3.63, 3.8) is 0 Å². The number of hydrogen-bond acceptors (Lipinski definition) is 3. The second kappa shape index (κ2) is 7.24. The lowest BCUT2D eigenvalue weighted by Crippen LogP contribution is -2.39. The molecule has 3 heterocycles. The van der Waals surface area contributed by atoms with Crippen LogP contribution in [0.15, 0.2) is 46.0 Å². The van der Waals surface area contributed by atoms with Crippen LogP contribution in [0.25, 0.3) is 23.0 Å². The van der Waals surface area contributed by atoms with Crippen LogP contribution in [0.2, 0.25) is 0 Å². The molecule has 1 aromatic carbocycles. The maximum absolute atomic E-state index is 13.3. The highest BCUT2D eigenvalue weighted by molar-refractivity contribution is 5.76. The molecule has 150 valence electrons. The first-order valence-corrected chi connectivity index (χ1v) is 9.85. The molecule has 0 aliphatic carbocycles. The third kappa shape index (κ3) is 2.93. The number of hydrogen-bond donors (Lipinski definition) is 0. The maximum atomic E-state index is 13.3. The van der Waals surface area contributed by atoms with Gasteiger partial charge < -0.3 is 4.57 Å². The largest absolute Gasteiger partial charge is 0.332 e. The summed E-state index contributed by atoms with van der Waals surface area (Å²) in [5, 5.41) is 0. The molecule has 7 nitrogen and oxygen atoms in total. The highest BCUT2D eigenvalue weighted by Gasteiger charge is 2.21. The Labute approximate surface area is 168 Å². The summed E-state index contributed by atoms with van der Waals surface area (Å²) in [6.07, 6.45) is 4.71. The van der Waals surface area contributed by atoms with Crippen LogP contribution < -0.4 is 11.2 Å². The summed E-state index contributed by atoms with van der Waals surface area (Å²) in [5.74, 6) is 0.710. The second-order valence-electron chi connectivity index (χ2n) is 7.31. The molecule has 0 N–H and O–H groups in total. The van der Waals surface area contributed by atoms with Gasteiger partial charge in [0.15, 0.2) is 11.2 Å². The first-order valence-electron chi connectivity index (χ1n) is 9.85. The molecule has 29 heavy (non-hydrogen) atoms. The van der Waals surface area contributed by atoms with Crippen molar-refractivity contribution in [2.45, 2.75) is 40.3 Å². The third-order valence-corrected chi connectivity index (χ3v) is 5.47. The lowest BCUT2D eigenvalue weighted by atomic mass is 10.2. The molecule has 0 amide bonds. The van der Waals surface area contributed by atoms with E-state index in [1.54, 1.807) is 7.05 Å². The van der Waals surface area contributed by atoms with Gasteiger partial charge in [0.25, 0.3) is 5.56 Å². The number of imidazole rings is 2. The van der Waals surface area contributed by atoms with Crippen LogP contribution in [0.4, 0.5) is 0 Å². The van der Waals surface area contributed by atoms with Crippen LogP contribution in [0.1, 0.15) is 30.3 Å². The molecule has 0 fully saturated rings. The monoisotopic (exact) mass is 391 g/mol. The molecule has 0 atom stereocenters. The highest BCUT2D eigenvalue weighted by atomic mass is 16.2. The van der Waals surface area contributed by atoms with Crippen molar-refractivity contribution in [3.8, 4) is 0 Å². The Morgan fingerprint density at radius 1 is 1.03 bits per heavy atom. The summed E-state index contributed by atoms with van der Waals surface area (Å²) < 4.78 is 6.73. The smallest absolute Gasteiger partial charge is 0.314 e. The summed E-state index contributed by atoms with van der Waals surface area (Å²) in [5.41, 5.74) is 3.27. The van der Waals surface area contributed by atoms with Crippen LogP contribution in [-0.2, 0) is 20.1 Å². The average Bonchev–Trinajstić information content (AvgIpc) is 3.22. The summed E-state index contributed by atoms with van der Waals surface area (Å²) in [6.45, 7) is 7.15. The van der Waals surface area contributed by atoms with Crippen LogP contribution in [0, 0.1) is 13.8 Å². The van der Waals surface area contributed by atoms with Crippen molar-refractivity contribution in [1.29, 1.82) is 0 Å². The Morgan fingerprint density at radius 2 is 1.76 bits per heavy atom. The summed E-state index contributed by atoms with van der Waals surface area (Å²) in [4.78, 5) is 30.8. The molecule has 3 aromatic heterocycles. The van der Waals surface area contributed by atoms with Crippen molar-refractivity contribution >= 4 is 23.0 Å². The molecule has 0 saturated heterocycles. The Kier molecular flexibility index (Phi) is 4.74. The molecule has 4 rings (SSSR count). The van der Waals surface area contributed by atoms with Gasteiger partial charge in [-0.2, -0.15) is 4.98 Å². The number of aromatic nitrogens is 5. The molecule has 4 aromatic rings. The lowest BCUT2D eigenvalue weighted by Gasteiger charge is -2.06. The highest BCUT2D eigenvalue weighted by Crippen LogP contribution is 2.20. The topological polar surface area (TPSA) is 66.2 Å². The summed E-state index contributed by atoms with van der Waals surface area (Å²) in [6, 6.07) is 9.80. The van der Waals surface area contributed by atoms with Gasteiger partial charge >= 0.3 is 5.69 Å². The molecule has 0 aliphatic heterocycles. The van der Waals surface area contributed by atoms with Crippen LogP contribution >= 0.6 is 0 Å². The SMILES string of the molecule is CCCn1c(C)c(C)n2c3c(=O)n(CC=Cc4ccccc4)c(=O)n(C)c3nc12. The van der Waals surface area contributed by atoms with Gasteiger partial charge in [-0.3, -0.25) is 18.3 Å². The Balaban J connectivity index is 1.92. The molecule has 0 spiro atoms. The number of aryl methyl sites for hydroxylation is 3. The Hall–Kier alpha value is -3.35. The molecule has 0 bridgehead atoms.